The Hall–Kier alpha value is -3.88. The van der Waals surface area contributed by atoms with Gasteiger partial charge in [-0.15, -0.1) is 13.2 Å². The quantitative estimate of drug-likeness (QED) is 0.255. The van der Waals surface area contributed by atoms with E-state index < -0.39 is 72.7 Å². The summed E-state index contributed by atoms with van der Waals surface area (Å²) in [6.07, 6.45) is -9.14. The van der Waals surface area contributed by atoms with Gasteiger partial charge >= 0.3 is 12.4 Å². The summed E-state index contributed by atoms with van der Waals surface area (Å²) in [5, 5.41) is 38.6. The molecule has 5 atom stereocenters. The largest absolute Gasteiger partial charge is 0.573 e. The standard InChI is InChI=1S/C24H27F3N4O7/c25-24(26,27)38-15-8-6-14(7-9-15)29-22(36)31-17-11-23(37,12-18(32)19(17)33)21(35)30-16(20(28)34)10-13-4-2-1-3-5-13/h1-9,16-19,32-33,37H,10-12H2,(H2,28,34)(H,30,35)(H2,29,31,36)/t16-,17+,18-,19-,23+/m1/s1. The Bertz CT molecular complexity index is 1130. The molecular weight excluding hydrogens is 513 g/mol. The lowest BCUT2D eigenvalue weighted by molar-refractivity contribution is -0.274. The molecule has 0 saturated heterocycles. The number of amides is 4. The molecule has 1 saturated carbocycles. The smallest absolute Gasteiger partial charge is 0.406 e. The highest BCUT2D eigenvalue weighted by Gasteiger charge is 2.49. The molecule has 0 spiro atoms. The normalized spacial score (nSPS) is 24.1. The molecule has 2 aromatic rings. The van der Waals surface area contributed by atoms with Gasteiger partial charge in [-0.1, -0.05) is 30.3 Å². The minimum absolute atomic E-state index is 0.0417. The number of carbonyl (C=O) groups excluding carboxylic acids is 3. The number of benzene rings is 2. The first-order valence-corrected chi connectivity index (χ1v) is 11.4. The van der Waals surface area contributed by atoms with Crippen molar-refractivity contribution in [3.8, 4) is 5.75 Å². The number of hydrogen-bond donors (Lipinski definition) is 7. The number of halogens is 3. The molecule has 14 heteroatoms. The van der Waals surface area contributed by atoms with E-state index in [0.29, 0.717) is 5.56 Å². The van der Waals surface area contributed by atoms with Crippen LogP contribution >= 0.6 is 0 Å². The third-order valence-electron chi connectivity index (χ3n) is 5.93. The van der Waals surface area contributed by atoms with Crippen LogP contribution in [0.2, 0.25) is 0 Å². The molecule has 11 nitrogen and oxygen atoms in total. The van der Waals surface area contributed by atoms with Gasteiger partial charge in [0, 0.05) is 24.9 Å². The summed E-state index contributed by atoms with van der Waals surface area (Å²) in [6.45, 7) is 0. The number of alkyl halides is 3. The second-order valence-corrected chi connectivity index (χ2v) is 8.89. The fourth-order valence-corrected chi connectivity index (χ4v) is 4.07. The molecule has 4 amide bonds. The number of aliphatic hydroxyl groups is 3. The Morgan fingerprint density at radius 3 is 2.26 bits per heavy atom. The highest BCUT2D eigenvalue weighted by Crippen LogP contribution is 2.30. The van der Waals surface area contributed by atoms with Crippen molar-refractivity contribution in [2.45, 2.75) is 55.5 Å². The first kappa shape index (κ1) is 28.7. The number of rotatable bonds is 8. The zero-order valence-corrected chi connectivity index (χ0v) is 19.8. The van der Waals surface area contributed by atoms with Crippen molar-refractivity contribution < 1.29 is 47.6 Å². The first-order chi connectivity index (χ1) is 17.8. The van der Waals surface area contributed by atoms with E-state index in [0.717, 1.165) is 24.3 Å². The summed E-state index contributed by atoms with van der Waals surface area (Å²) in [7, 11) is 0. The molecule has 0 aromatic heterocycles. The number of carbonyl (C=O) groups is 3. The lowest BCUT2D eigenvalue weighted by Gasteiger charge is -2.41. The topological polar surface area (TPSA) is 183 Å². The highest BCUT2D eigenvalue weighted by atomic mass is 19.4. The van der Waals surface area contributed by atoms with Crippen molar-refractivity contribution >= 4 is 23.5 Å². The molecule has 1 fully saturated rings. The summed E-state index contributed by atoms with van der Waals surface area (Å²) >= 11 is 0. The Labute approximate surface area is 214 Å². The van der Waals surface area contributed by atoms with Crippen molar-refractivity contribution in [1.82, 2.24) is 10.6 Å². The minimum Gasteiger partial charge on any atom is -0.406 e. The lowest BCUT2D eigenvalue weighted by atomic mass is 9.77. The molecule has 1 aliphatic carbocycles. The Kier molecular flexibility index (Phi) is 8.81. The molecule has 0 unspecified atom stereocenters. The predicted molar refractivity (Wildman–Crippen MR) is 127 cm³/mol. The van der Waals surface area contributed by atoms with Crippen LogP contribution in [0.25, 0.3) is 0 Å². The molecule has 206 valence electrons. The fourth-order valence-electron chi connectivity index (χ4n) is 4.07. The summed E-state index contributed by atoms with van der Waals surface area (Å²) in [6, 6.07) is 9.42. The average Bonchev–Trinajstić information content (AvgIpc) is 2.82. The van der Waals surface area contributed by atoms with E-state index in [1.54, 1.807) is 30.3 Å². The number of ether oxygens (including phenoxy) is 1. The van der Waals surface area contributed by atoms with E-state index in [1.807, 2.05) is 0 Å². The SMILES string of the molecule is NC(=O)[C@@H](Cc1ccccc1)NC(=O)[C@@]1(O)C[C@@H](O)[C@H](O)[C@@H](NC(=O)Nc2ccc(OC(F)(F)F)cc2)C1. The van der Waals surface area contributed by atoms with Crippen molar-refractivity contribution in [1.29, 1.82) is 0 Å². The molecule has 8 N–H and O–H groups in total. The third kappa shape index (κ3) is 7.81. The maximum atomic E-state index is 12.9. The molecule has 38 heavy (non-hydrogen) atoms. The van der Waals surface area contributed by atoms with Gasteiger partial charge < -0.3 is 41.7 Å². The van der Waals surface area contributed by atoms with Gasteiger partial charge in [0.05, 0.1) is 12.1 Å². The van der Waals surface area contributed by atoms with E-state index in [9.17, 15) is 42.9 Å². The Morgan fingerprint density at radius 2 is 1.68 bits per heavy atom. The lowest BCUT2D eigenvalue weighted by Crippen LogP contribution is -2.64. The second-order valence-electron chi connectivity index (χ2n) is 8.89. The van der Waals surface area contributed by atoms with E-state index in [4.69, 9.17) is 5.73 Å². The molecule has 3 rings (SSSR count). The molecule has 2 aromatic carbocycles. The number of aliphatic hydroxyl groups excluding tert-OH is 2. The van der Waals surface area contributed by atoms with Gasteiger partial charge in [0.25, 0.3) is 5.91 Å². The summed E-state index contributed by atoms with van der Waals surface area (Å²) in [5.41, 5.74) is 3.89. The van der Waals surface area contributed by atoms with Crippen LogP contribution in [0, 0.1) is 0 Å². The van der Waals surface area contributed by atoms with Crippen LogP contribution in [-0.4, -0.2) is 69.4 Å². The highest BCUT2D eigenvalue weighted by molar-refractivity contribution is 5.92. The van der Waals surface area contributed by atoms with E-state index in [-0.39, 0.29) is 12.1 Å². The monoisotopic (exact) mass is 540 g/mol. The second kappa shape index (κ2) is 11.7. The Morgan fingerprint density at radius 1 is 1.05 bits per heavy atom. The van der Waals surface area contributed by atoms with Gasteiger partial charge in [-0.05, 0) is 29.8 Å². The van der Waals surface area contributed by atoms with Gasteiger partial charge in [-0.2, -0.15) is 0 Å². The number of hydrogen-bond acceptors (Lipinski definition) is 7. The van der Waals surface area contributed by atoms with Crippen LogP contribution in [-0.2, 0) is 16.0 Å². The molecule has 0 heterocycles. The zero-order chi connectivity index (χ0) is 28.1. The van der Waals surface area contributed by atoms with Gasteiger partial charge in [0.2, 0.25) is 5.91 Å². The first-order valence-electron chi connectivity index (χ1n) is 11.4. The van der Waals surface area contributed by atoms with Crippen molar-refractivity contribution in [2.75, 3.05) is 5.32 Å². The van der Waals surface area contributed by atoms with Gasteiger partial charge in [0.1, 0.15) is 23.5 Å². The molecular formula is C24H27F3N4O7. The molecule has 0 radical (unpaired) electrons. The molecule has 0 bridgehead atoms. The van der Waals surface area contributed by atoms with E-state index in [1.165, 1.54) is 0 Å². The number of nitrogens with one attached hydrogen (secondary N) is 3. The summed E-state index contributed by atoms with van der Waals surface area (Å²) in [4.78, 5) is 37.3. The number of urea groups is 1. The van der Waals surface area contributed by atoms with Crippen molar-refractivity contribution in [3.63, 3.8) is 0 Å². The van der Waals surface area contributed by atoms with E-state index in [2.05, 4.69) is 20.7 Å². The average molecular weight is 540 g/mol. The van der Waals surface area contributed by atoms with Crippen LogP contribution in [0.5, 0.6) is 5.75 Å². The zero-order valence-electron chi connectivity index (χ0n) is 19.8. The number of anilines is 1. The van der Waals surface area contributed by atoms with Crippen LogP contribution in [0.4, 0.5) is 23.7 Å². The summed E-state index contributed by atoms with van der Waals surface area (Å²) in [5.74, 6) is -2.40. The summed E-state index contributed by atoms with van der Waals surface area (Å²) < 4.78 is 40.6. The van der Waals surface area contributed by atoms with Crippen LogP contribution in [0.15, 0.2) is 54.6 Å². The van der Waals surface area contributed by atoms with Crippen LogP contribution < -0.4 is 26.4 Å². The number of nitrogens with two attached hydrogens (primary N) is 1. The third-order valence-corrected chi connectivity index (χ3v) is 5.93. The maximum absolute atomic E-state index is 12.9. The minimum atomic E-state index is -4.88. The van der Waals surface area contributed by atoms with Gasteiger partial charge in [0.15, 0.2) is 0 Å². The molecule has 1 aliphatic rings. The van der Waals surface area contributed by atoms with Crippen LogP contribution in [0.1, 0.15) is 18.4 Å². The van der Waals surface area contributed by atoms with Gasteiger partial charge in [-0.3, -0.25) is 9.59 Å². The predicted octanol–water partition coefficient (Wildman–Crippen LogP) is 0.535. The van der Waals surface area contributed by atoms with Gasteiger partial charge in [-0.25, -0.2) is 4.79 Å². The van der Waals surface area contributed by atoms with Crippen molar-refractivity contribution in [3.05, 3.63) is 60.2 Å². The van der Waals surface area contributed by atoms with E-state index >= 15 is 0 Å². The van der Waals surface area contributed by atoms with Crippen molar-refractivity contribution in [2.24, 2.45) is 5.73 Å². The molecule has 0 aliphatic heterocycles. The maximum Gasteiger partial charge on any atom is 0.573 e. The number of primary amides is 1. The van der Waals surface area contributed by atoms with Crippen LogP contribution in [0.3, 0.4) is 0 Å². The Balaban J connectivity index is 1.64. The fraction of sp³-hybridized carbons (Fsp3) is 0.375.